The quantitative estimate of drug-likeness (QED) is 0.342. The molecule has 1 aromatic rings. The van der Waals surface area contributed by atoms with Crippen LogP contribution in [0.15, 0.2) is 25.6 Å². The number of hydrogen-bond acceptors (Lipinski definition) is 5. The summed E-state index contributed by atoms with van der Waals surface area (Å²) in [6, 6.07) is 3.44. The van der Waals surface area contributed by atoms with Crippen molar-refractivity contribution in [1.29, 1.82) is 0 Å². The fraction of sp³-hybridized carbons (Fsp3) is 0.462. The van der Waals surface area contributed by atoms with Crippen LogP contribution in [0.4, 0.5) is 0 Å². The van der Waals surface area contributed by atoms with Crippen molar-refractivity contribution < 1.29 is 22.5 Å². The van der Waals surface area contributed by atoms with Gasteiger partial charge in [-0.2, -0.15) is 0 Å². The lowest BCUT2D eigenvalue weighted by molar-refractivity contribution is 0.0211. The number of benzene rings is 1. The van der Waals surface area contributed by atoms with Gasteiger partial charge in [0.15, 0.2) is 0 Å². The van der Waals surface area contributed by atoms with Crippen LogP contribution in [0.1, 0.15) is 36.0 Å². The van der Waals surface area contributed by atoms with Crippen LogP contribution >= 0.6 is 47.8 Å². The maximum Gasteiger partial charge on any atom is 0.339 e. The second kappa shape index (κ2) is 7.29. The highest BCUT2D eigenvalue weighted by molar-refractivity contribution is 9.13. The first kappa shape index (κ1) is 18.4. The Morgan fingerprint density at radius 3 is 2.27 bits per heavy atom. The van der Waals surface area contributed by atoms with E-state index in [1.807, 2.05) is 0 Å². The molecule has 0 aromatic heterocycles. The van der Waals surface area contributed by atoms with Crippen LogP contribution in [-0.4, -0.2) is 30.3 Å². The van der Waals surface area contributed by atoms with Gasteiger partial charge in [0.05, 0.1) is 15.7 Å². The molecular weight excluding hydrogens is 508 g/mol. The minimum atomic E-state index is -4.26. The van der Waals surface area contributed by atoms with E-state index in [1.54, 1.807) is 12.1 Å². The van der Waals surface area contributed by atoms with Crippen LogP contribution in [0.5, 0.6) is 0 Å². The number of esters is 1. The maximum atomic E-state index is 12.2. The van der Waals surface area contributed by atoms with E-state index in [0.29, 0.717) is 22.9 Å². The Kier molecular flexibility index (Phi) is 6.09. The molecule has 0 radical (unpaired) electrons. The van der Waals surface area contributed by atoms with Crippen LogP contribution in [0.25, 0.3) is 0 Å². The normalized spacial score (nSPS) is 22.4. The SMILES string of the molecule is O=C(OC1CCC(S(=O)(=O)[O-])CC1)c1cc(Br)cc(Br)c1Br. The summed E-state index contributed by atoms with van der Waals surface area (Å²) >= 11 is 9.97. The lowest BCUT2D eigenvalue weighted by Gasteiger charge is -2.29. The third-order valence-corrected chi connectivity index (χ3v) is 7.27. The number of carbonyl (C=O) groups is 1. The summed E-state index contributed by atoms with van der Waals surface area (Å²) in [4.78, 5) is 12.2. The summed E-state index contributed by atoms with van der Waals surface area (Å²) < 4.78 is 40.4. The van der Waals surface area contributed by atoms with Crippen molar-refractivity contribution in [2.75, 3.05) is 0 Å². The molecule has 1 aliphatic rings. The Bertz CT molecular complexity index is 681. The van der Waals surface area contributed by atoms with E-state index in [9.17, 15) is 17.8 Å². The zero-order chi connectivity index (χ0) is 16.5. The standard InChI is InChI=1S/C13H13Br3O5S/c14-7-5-10(12(16)11(15)6-7)13(17)21-8-1-3-9(4-2-8)22(18,19)20/h5-6,8-9H,1-4H2,(H,18,19,20)/p-1. The van der Waals surface area contributed by atoms with Crippen LogP contribution in [0.2, 0.25) is 0 Å². The van der Waals surface area contributed by atoms with Gasteiger partial charge in [-0.25, -0.2) is 13.2 Å². The minimum Gasteiger partial charge on any atom is -0.748 e. The molecule has 122 valence electrons. The molecule has 2 rings (SSSR count). The number of halogens is 3. The molecule has 0 atom stereocenters. The Morgan fingerprint density at radius 2 is 1.73 bits per heavy atom. The summed E-state index contributed by atoms with van der Waals surface area (Å²) in [5, 5.41) is -0.866. The summed E-state index contributed by atoms with van der Waals surface area (Å²) in [7, 11) is -4.26. The molecule has 1 saturated carbocycles. The van der Waals surface area contributed by atoms with Crippen molar-refractivity contribution >= 4 is 63.9 Å². The molecule has 0 bridgehead atoms. The van der Waals surface area contributed by atoms with Gasteiger partial charge in [-0.3, -0.25) is 0 Å². The zero-order valence-corrected chi connectivity index (χ0v) is 16.8. The predicted octanol–water partition coefficient (Wildman–Crippen LogP) is 3.99. The molecule has 0 saturated heterocycles. The minimum absolute atomic E-state index is 0.229. The Hall–Kier alpha value is 0.0400. The summed E-state index contributed by atoms with van der Waals surface area (Å²) in [5.41, 5.74) is 0.375. The maximum absolute atomic E-state index is 12.2. The lowest BCUT2D eigenvalue weighted by Crippen LogP contribution is -2.31. The number of hydrogen-bond donors (Lipinski definition) is 0. The van der Waals surface area contributed by atoms with Crippen molar-refractivity contribution in [3.8, 4) is 0 Å². The van der Waals surface area contributed by atoms with Crippen molar-refractivity contribution in [2.45, 2.75) is 37.0 Å². The first-order valence-corrected chi connectivity index (χ1v) is 10.3. The topological polar surface area (TPSA) is 83.5 Å². The molecule has 5 nitrogen and oxygen atoms in total. The Morgan fingerprint density at radius 1 is 1.14 bits per heavy atom. The second-order valence-corrected chi connectivity index (χ2v) is 9.26. The molecule has 1 aliphatic carbocycles. The Balaban J connectivity index is 2.03. The van der Waals surface area contributed by atoms with Crippen molar-refractivity contribution in [3.63, 3.8) is 0 Å². The third kappa shape index (κ3) is 4.53. The van der Waals surface area contributed by atoms with E-state index in [1.165, 1.54) is 0 Å². The number of ether oxygens (including phenoxy) is 1. The van der Waals surface area contributed by atoms with Crippen molar-refractivity contribution in [1.82, 2.24) is 0 Å². The molecule has 22 heavy (non-hydrogen) atoms. The monoisotopic (exact) mass is 517 g/mol. The average molecular weight is 520 g/mol. The van der Waals surface area contributed by atoms with Crippen LogP contribution < -0.4 is 0 Å². The van der Waals surface area contributed by atoms with E-state index in [4.69, 9.17) is 4.74 Å². The van der Waals surface area contributed by atoms with Gasteiger partial charge in [0.2, 0.25) is 0 Å². The van der Waals surface area contributed by atoms with Crippen molar-refractivity contribution in [3.05, 3.63) is 31.1 Å². The van der Waals surface area contributed by atoms with E-state index >= 15 is 0 Å². The fourth-order valence-corrected chi connectivity index (χ4v) is 4.82. The van der Waals surface area contributed by atoms with E-state index < -0.39 is 21.3 Å². The molecular formula is C13H12Br3O5S-. The van der Waals surface area contributed by atoms with Crippen LogP contribution in [0.3, 0.4) is 0 Å². The lowest BCUT2D eigenvalue weighted by atomic mass is 9.97. The predicted molar refractivity (Wildman–Crippen MR) is 90.7 cm³/mol. The molecule has 0 amide bonds. The van der Waals surface area contributed by atoms with E-state index in [-0.39, 0.29) is 18.9 Å². The van der Waals surface area contributed by atoms with E-state index in [2.05, 4.69) is 47.8 Å². The highest BCUT2D eigenvalue weighted by Crippen LogP contribution is 2.32. The van der Waals surface area contributed by atoms with Gasteiger partial charge in [0, 0.05) is 18.7 Å². The van der Waals surface area contributed by atoms with Gasteiger partial charge >= 0.3 is 5.97 Å². The molecule has 0 aliphatic heterocycles. The first-order valence-electron chi connectivity index (χ1n) is 6.48. The molecule has 0 N–H and O–H groups in total. The summed E-state index contributed by atoms with van der Waals surface area (Å²) in [6.45, 7) is 0. The molecule has 1 fully saturated rings. The number of carbonyl (C=O) groups excluding carboxylic acids is 1. The third-order valence-electron chi connectivity index (χ3n) is 3.52. The zero-order valence-electron chi connectivity index (χ0n) is 11.2. The van der Waals surface area contributed by atoms with Gasteiger partial charge in [-0.15, -0.1) is 0 Å². The van der Waals surface area contributed by atoms with Gasteiger partial charge in [0.25, 0.3) is 0 Å². The van der Waals surface area contributed by atoms with Gasteiger partial charge < -0.3 is 9.29 Å². The van der Waals surface area contributed by atoms with Gasteiger partial charge in [0.1, 0.15) is 6.10 Å². The summed E-state index contributed by atoms with van der Waals surface area (Å²) in [5.74, 6) is -0.484. The summed E-state index contributed by atoms with van der Waals surface area (Å²) in [6.07, 6.45) is 0.852. The van der Waals surface area contributed by atoms with Gasteiger partial charge in [-0.05, 0) is 69.7 Å². The van der Waals surface area contributed by atoms with Gasteiger partial charge in [-0.1, -0.05) is 15.9 Å². The molecule has 0 spiro atoms. The van der Waals surface area contributed by atoms with E-state index in [0.717, 1.165) is 8.95 Å². The molecule has 0 heterocycles. The first-order chi connectivity index (χ1) is 10.2. The Labute approximate surface area is 153 Å². The molecule has 0 unspecified atom stereocenters. The second-order valence-electron chi connectivity index (χ2n) is 5.05. The smallest absolute Gasteiger partial charge is 0.339 e. The average Bonchev–Trinajstić information content (AvgIpc) is 2.42. The van der Waals surface area contributed by atoms with Crippen LogP contribution in [-0.2, 0) is 14.9 Å². The highest BCUT2D eigenvalue weighted by atomic mass is 79.9. The molecule has 1 aromatic carbocycles. The van der Waals surface area contributed by atoms with Crippen LogP contribution in [0, 0.1) is 0 Å². The fourth-order valence-electron chi connectivity index (χ4n) is 2.36. The largest absolute Gasteiger partial charge is 0.748 e. The number of rotatable bonds is 3. The highest BCUT2D eigenvalue weighted by Gasteiger charge is 2.28. The van der Waals surface area contributed by atoms with Crippen molar-refractivity contribution in [2.24, 2.45) is 0 Å². The molecule has 9 heteroatoms.